The number of nitrogens with zero attached hydrogens (tertiary/aromatic N) is 1. The largest absolute Gasteiger partial charge is 0.352 e. The van der Waals surface area contributed by atoms with Crippen LogP contribution in [0.2, 0.25) is 0 Å². The Morgan fingerprint density at radius 3 is 2.79 bits per heavy atom. The molecule has 28 heavy (non-hydrogen) atoms. The molecule has 0 aromatic heterocycles. The molecule has 3 atom stereocenters. The number of halogens is 1. The highest BCUT2D eigenvalue weighted by Crippen LogP contribution is 2.45. The van der Waals surface area contributed by atoms with E-state index in [1.54, 1.807) is 0 Å². The predicted molar refractivity (Wildman–Crippen MR) is 113 cm³/mol. The Hall–Kier alpha value is -1.59. The van der Waals surface area contributed by atoms with E-state index in [-0.39, 0.29) is 23.7 Å². The van der Waals surface area contributed by atoms with Crippen LogP contribution in [0.25, 0.3) is 0 Å². The average molecular weight is 406 g/mol. The van der Waals surface area contributed by atoms with Crippen molar-refractivity contribution in [1.82, 2.24) is 15.5 Å². The fourth-order valence-corrected chi connectivity index (χ4v) is 5.33. The maximum absolute atomic E-state index is 13.5. The van der Waals surface area contributed by atoms with Gasteiger partial charge >= 0.3 is 0 Å². The lowest BCUT2D eigenvalue weighted by Gasteiger charge is -2.43. The molecule has 2 aliphatic heterocycles. The van der Waals surface area contributed by atoms with Gasteiger partial charge in [-0.25, -0.2) is 0 Å². The number of amides is 2. The van der Waals surface area contributed by atoms with Crippen LogP contribution in [0, 0.1) is 17.3 Å². The van der Waals surface area contributed by atoms with Crippen molar-refractivity contribution >= 4 is 24.2 Å². The van der Waals surface area contributed by atoms with Crippen LogP contribution in [-0.4, -0.2) is 49.4 Å². The highest BCUT2D eigenvalue weighted by atomic mass is 35.5. The summed E-state index contributed by atoms with van der Waals surface area (Å²) in [5, 5.41) is 6.55. The number of hydrogen-bond acceptors (Lipinski definition) is 3. The molecule has 3 aliphatic rings. The molecule has 154 valence electrons. The Morgan fingerprint density at radius 2 is 1.96 bits per heavy atom. The zero-order valence-corrected chi connectivity index (χ0v) is 17.3. The van der Waals surface area contributed by atoms with E-state index >= 15 is 0 Å². The van der Waals surface area contributed by atoms with Crippen LogP contribution < -0.4 is 10.6 Å². The molecule has 0 spiro atoms. The molecule has 0 radical (unpaired) electrons. The van der Waals surface area contributed by atoms with Gasteiger partial charge in [0.2, 0.25) is 5.91 Å². The topological polar surface area (TPSA) is 61.4 Å². The summed E-state index contributed by atoms with van der Waals surface area (Å²) in [7, 11) is 0. The van der Waals surface area contributed by atoms with Crippen LogP contribution in [0.1, 0.15) is 48.9 Å². The number of likely N-dealkylation sites (tertiary alicyclic amines) is 1. The molecule has 5 nitrogen and oxygen atoms in total. The first-order chi connectivity index (χ1) is 13.2. The number of benzene rings is 1. The molecule has 2 heterocycles. The van der Waals surface area contributed by atoms with Crippen molar-refractivity contribution in [3.63, 3.8) is 0 Å². The van der Waals surface area contributed by atoms with Crippen molar-refractivity contribution in [2.75, 3.05) is 32.7 Å². The number of rotatable bonds is 4. The van der Waals surface area contributed by atoms with Gasteiger partial charge in [0.1, 0.15) is 0 Å². The molecule has 1 aromatic rings. The molecule has 3 fully saturated rings. The van der Waals surface area contributed by atoms with E-state index in [9.17, 15) is 9.59 Å². The Balaban J connectivity index is 0.00000225. The first kappa shape index (κ1) is 21.1. The van der Waals surface area contributed by atoms with E-state index in [1.807, 2.05) is 30.3 Å². The number of nitrogens with one attached hydrogen (secondary N) is 2. The summed E-state index contributed by atoms with van der Waals surface area (Å²) >= 11 is 0. The molecular formula is C22H32ClN3O2. The van der Waals surface area contributed by atoms with Gasteiger partial charge in [0.15, 0.2) is 0 Å². The number of fused-ring (bicyclic) bond motifs is 1. The molecule has 1 aromatic carbocycles. The first-order valence-corrected chi connectivity index (χ1v) is 10.5. The van der Waals surface area contributed by atoms with Gasteiger partial charge in [-0.15, -0.1) is 12.4 Å². The fourth-order valence-electron chi connectivity index (χ4n) is 5.33. The highest BCUT2D eigenvalue weighted by Gasteiger charge is 2.51. The van der Waals surface area contributed by atoms with E-state index in [4.69, 9.17) is 0 Å². The maximum Gasteiger partial charge on any atom is 0.251 e. The summed E-state index contributed by atoms with van der Waals surface area (Å²) in [6, 6.07) is 9.34. The summed E-state index contributed by atoms with van der Waals surface area (Å²) in [5.74, 6) is 1.21. The zero-order valence-electron chi connectivity index (χ0n) is 16.5. The SMILES string of the molecule is Cl.O=C(NCC1CCCN(C(=O)[C@@]23CCCC[C@H]2CNC3)C1)c1ccccc1. The van der Waals surface area contributed by atoms with E-state index in [2.05, 4.69) is 15.5 Å². The van der Waals surface area contributed by atoms with Gasteiger partial charge in [-0.3, -0.25) is 9.59 Å². The molecule has 2 saturated heterocycles. The van der Waals surface area contributed by atoms with Gasteiger partial charge in [-0.1, -0.05) is 31.0 Å². The van der Waals surface area contributed by atoms with Gasteiger partial charge in [-0.05, 0) is 56.2 Å². The third-order valence-electron chi connectivity index (χ3n) is 6.86. The van der Waals surface area contributed by atoms with E-state index in [0.29, 0.717) is 29.9 Å². The quantitative estimate of drug-likeness (QED) is 0.809. The monoisotopic (exact) mass is 405 g/mol. The van der Waals surface area contributed by atoms with Crippen molar-refractivity contribution in [1.29, 1.82) is 0 Å². The van der Waals surface area contributed by atoms with Crippen LogP contribution in [0.3, 0.4) is 0 Å². The maximum atomic E-state index is 13.5. The average Bonchev–Trinajstić information content (AvgIpc) is 3.17. The number of carbonyl (C=O) groups excluding carboxylic acids is 2. The molecule has 2 amide bonds. The van der Waals surface area contributed by atoms with Gasteiger partial charge in [0.25, 0.3) is 5.91 Å². The number of piperidine rings is 1. The highest BCUT2D eigenvalue weighted by molar-refractivity contribution is 5.94. The Labute approximate surface area is 174 Å². The van der Waals surface area contributed by atoms with Crippen molar-refractivity contribution in [3.05, 3.63) is 35.9 Å². The van der Waals surface area contributed by atoms with E-state index in [0.717, 1.165) is 45.4 Å². The summed E-state index contributed by atoms with van der Waals surface area (Å²) in [6.45, 7) is 4.14. The molecule has 1 saturated carbocycles. The molecule has 4 rings (SSSR count). The minimum atomic E-state index is -0.159. The second-order valence-corrected chi connectivity index (χ2v) is 8.57. The van der Waals surface area contributed by atoms with Crippen LogP contribution in [0.15, 0.2) is 30.3 Å². The second kappa shape index (κ2) is 9.27. The number of carbonyl (C=O) groups is 2. The molecule has 6 heteroatoms. The van der Waals surface area contributed by atoms with Gasteiger partial charge in [0, 0.05) is 31.7 Å². The van der Waals surface area contributed by atoms with Crippen LogP contribution in [-0.2, 0) is 4.79 Å². The summed E-state index contributed by atoms with van der Waals surface area (Å²) < 4.78 is 0. The minimum absolute atomic E-state index is 0. The zero-order chi connectivity index (χ0) is 18.7. The third kappa shape index (κ3) is 4.20. The minimum Gasteiger partial charge on any atom is -0.352 e. The van der Waals surface area contributed by atoms with Crippen LogP contribution >= 0.6 is 12.4 Å². The number of hydrogen-bond donors (Lipinski definition) is 2. The van der Waals surface area contributed by atoms with Crippen molar-refractivity contribution < 1.29 is 9.59 Å². The van der Waals surface area contributed by atoms with E-state index < -0.39 is 0 Å². The second-order valence-electron chi connectivity index (χ2n) is 8.57. The van der Waals surface area contributed by atoms with Crippen molar-refractivity contribution in [2.24, 2.45) is 17.3 Å². The van der Waals surface area contributed by atoms with Gasteiger partial charge < -0.3 is 15.5 Å². The Bertz CT molecular complexity index is 684. The third-order valence-corrected chi connectivity index (χ3v) is 6.86. The summed E-state index contributed by atoms with van der Waals surface area (Å²) in [6.07, 6.45) is 6.77. The lowest BCUT2D eigenvalue weighted by atomic mass is 9.67. The molecule has 1 aliphatic carbocycles. The first-order valence-electron chi connectivity index (χ1n) is 10.5. The van der Waals surface area contributed by atoms with Gasteiger partial charge in [0.05, 0.1) is 5.41 Å². The predicted octanol–water partition coefficient (Wildman–Crippen LogP) is 2.86. The van der Waals surface area contributed by atoms with E-state index in [1.165, 1.54) is 19.3 Å². The Kier molecular flexibility index (Phi) is 7.00. The fraction of sp³-hybridized carbons (Fsp3) is 0.636. The standard InChI is InChI=1S/C22H31N3O2.ClH/c26-20(18-8-2-1-3-9-18)24-13-17-7-6-12-25(15-17)21(27)22-11-5-4-10-19(22)14-23-16-22;/h1-3,8-9,17,19,23H,4-7,10-16H2,(H,24,26);1H/t17?,19-,22+;/m0./s1. The molecule has 0 bridgehead atoms. The van der Waals surface area contributed by atoms with Gasteiger partial charge in [-0.2, -0.15) is 0 Å². The van der Waals surface area contributed by atoms with Crippen LogP contribution in [0.4, 0.5) is 0 Å². The summed E-state index contributed by atoms with van der Waals surface area (Å²) in [5.41, 5.74) is 0.537. The lowest BCUT2D eigenvalue weighted by Crippen LogP contribution is -2.53. The summed E-state index contributed by atoms with van der Waals surface area (Å²) in [4.78, 5) is 27.9. The smallest absolute Gasteiger partial charge is 0.251 e. The van der Waals surface area contributed by atoms with Crippen molar-refractivity contribution in [2.45, 2.75) is 38.5 Å². The van der Waals surface area contributed by atoms with Crippen LogP contribution in [0.5, 0.6) is 0 Å². The normalized spacial score (nSPS) is 29.5. The molecular weight excluding hydrogens is 374 g/mol. The molecule has 2 N–H and O–H groups in total. The van der Waals surface area contributed by atoms with Crippen molar-refractivity contribution in [3.8, 4) is 0 Å². The molecule has 1 unspecified atom stereocenters. The lowest BCUT2D eigenvalue weighted by molar-refractivity contribution is -0.147. The Morgan fingerprint density at radius 1 is 1.14 bits per heavy atom.